The maximum Gasteiger partial charge on any atom is 0.249 e. The quantitative estimate of drug-likeness (QED) is 0.329. The van der Waals surface area contributed by atoms with Gasteiger partial charge in [-0.2, -0.15) is 0 Å². The van der Waals surface area contributed by atoms with Crippen LogP contribution in [0, 0.1) is 0 Å². The van der Waals surface area contributed by atoms with Gasteiger partial charge in [-0.1, -0.05) is 29.2 Å². The molecule has 0 aliphatic carbocycles. The second kappa shape index (κ2) is 9.94. The van der Waals surface area contributed by atoms with Crippen molar-refractivity contribution in [2.75, 3.05) is 35.9 Å². The van der Waals surface area contributed by atoms with Crippen LogP contribution in [-0.4, -0.2) is 56.8 Å². The maximum absolute atomic E-state index is 12.8. The van der Waals surface area contributed by atoms with Crippen molar-refractivity contribution in [2.45, 2.75) is 17.3 Å². The monoisotopic (exact) mass is 458 g/mol. The van der Waals surface area contributed by atoms with Gasteiger partial charge in [0.15, 0.2) is 4.34 Å². The molecule has 158 valence electrons. The van der Waals surface area contributed by atoms with Gasteiger partial charge in [-0.05, 0) is 19.1 Å². The van der Waals surface area contributed by atoms with E-state index in [-0.39, 0.29) is 16.6 Å². The lowest BCUT2D eigenvalue weighted by atomic mass is 10.2. The van der Waals surface area contributed by atoms with Crippen molar-refractivity contribution in [1.29, 1.82) is 0 Å². The van der Waals surface area contributed by atoms with Gasteiger partial charge in [0, 0.05) is 11.8 Å². The Kier molecular flexibility index (Phi) is 7.88. The van der Waals surface area contributed by atoms with Crippen LogP contribution >= 0.6 is 23.1 Å². The fraction of sp³-hybridized carbons (Fsp3) is 0.353. The summed E-state index contributed by atoms with van der Waals surface area (Å²) in [5.74, 6) is 0.818. The molecule has 0 aliphatic rings. The van der Waals surface area contributed by atoms with Gasteiger partial charge in [0.1, 0.15) is 17.5 Å². The van der Waals surface area contributed by atoms with Crippen molar-refractivity contribution >= 4 is 49.8 Å². The van der Waals surface area contributed by atoms with Crippen LogP contribution in [0.4, 0.5) is 10.8 Å². The van der Waals surface area contributed by atoms with Crippen LogP contribution in [0.3, 0.4) is 0 Å². The van der Waals surface area contributed by atoms with Gasteiger partial charge >= 0.3 is 0 Å². The predicted molar refractivity (Wildman–Crippen MR) is 116 cm³/mol. The highest BCUT2D eigenvalue weighted by atomic mass is 32.2. The molecule has 0 spiro atoms. The number of carbonyl (C=O) groups is 1. The van der Waals surface area contributed by atoms with E-state index in [1.54, 1.807) is 18.2 Å². The zero-order valence-corrected chi connectivity index (χ0v) is 18.9. The lowest BCUT2D eigenvalue weighted by Gasteiger charge is -2.29. The van der Waals surface area contributed by atoms with E-state index in [0.29, 0.717) is 15.8 Å². The smallest absolute Gasteiger partial charge is 0.249 e. The number of amides is 1. The van der Waals surface area contributed by atoms with Crippen LogP contribution in [0.2, 0.25) is 0 Å². The standard InChI is InChI=1S/C17H22N4O5S3/c1-6-9-27-17-20-19-16(28-17)18-15(22)11(2)21(29(5,23)24)13-10-12(25-3)7-8-14(13)26-4/h6-8,10-11H,1,9H2,2-5H3,(H,18,19,22)/t11-/m0/s1. The van der Waals surface area contributed by atoms with Gasteiger partial charge in [-0.3, -0.25) is 14.4 Å². The first-order valence-corrected chi connectivity index (χ1v) is 12.0. The van der Waals surface area contributed by atoms with E-state index >= 15 is 0 Å². The van der Waals surface area contributed by atoms with E-state index in [0.717, 1.165) is 10.6 Å². The van der Waals surface area contributed by atoms with Gasteiger partial charge in [-0.25, -0.2) is 8.42 Å². The third-order valence-corrected chi connectivity index (χ3v) is 6.87. The molecule has 0 aliphatic heterocycles. The van der Waals surface area contributed by atoms with E-state index in [1.807, 2.05) is 0 Å². The molecular formula is C17H22N4O5S3. The predicted octanol–water partition coefficient (Wildman–Crippen LogP) is 2.63. The molecule has 29 heavy (non-hydrogen) atoms. The number of aromatic nitrogens is 2. The number of nitrogens with one attached hydrogen (secondary N) is 1. The molecule has 1 heterocycles. The van der Waals surface area contributed by atoms with Gasteiger partial charge in [-0.15, -0.1) is 16.8 Å². The summed E-state index contributed by atoms with van der Waals surface area (Å²) >= 11 is 2.63. The van der Waals surface area contributed by atoms with Crippen LogP contribution in [0.25, 0.3) is 0 Å². The molecule has 2 aromatic rings. The minimum Gasteiger partial charge on any atom is -0.497 e. The van der Waals surface area contributed by atoms with Crippen LogP contribution in [0.5, 0.6) is 11.5 Å². The fourth-order valence-electron chi connectivity index (χ4n) is 2.41. The second-order valence-electron chi connectivity index (χ2n) is 5.73. The van der Waals surface area contributed by atoms with Crippen LogP contribution in [-0.2, 0) is 14.8 Å². The van der Waals surface area contributed by atoms with Crippen LogP contribution in [0.1, 0.15) is 6.92 Å². The minimum atomic E-state index is -3.83. The molecule has 0 bridgehead atoms. The van der Waals surface area contributed by atoms with E-state index in [9.17, 15) is 13.2 Å². The average Bonchev–Trinajstić information content (AvgIpc) is 3.12. The molecule has 1 amide bonds. The number of ether oxygens (including phenoxy) is 2. The Morgan fingerprint density at radius 1 is 1.38 bits per heavy atom. The third-order valence-electron chi connectivity index (χ3n) is 3.67. The maximum atomic E-state index is 12.8. The SMILES string of the molecule is C=CCSc1nnc(NC(=O)[C@H](C)N(c2cc(OC)ccc2OC)S(C)(=O)=O)s1. The fourth-order valence-corrected chi connectivity index (χ4v) is 5.09. The minimum absolute atomic E-state index is 0.191. The number of rotatable bonds is 10. The Balaban J connectivity index is 2.32. The summed E-state index contributed by atoms with van der Waals surface area (Å²) in [6.45, 7) is 5.11. The van der Waals surface area contributed by atoms with Crippen molar-refractivity contribution in [3.63, 3.8) is 0 Å². The Morgan fingerprint density at radius 3 is 2.69 bits per heavy atom. The Hall–Kier alpha value is -2.31. The number of methoxy groups -OCH3 is 2. The highest BCUT2D eigenvalue weighted by Gasteiger charge is 2.32. The molecule has 1 aromatic carbocycles. The molecule has 1 N–H and O–H groups in total. The summed E-state index contributed by atoms with van der Waals surface area (Å²) in [6.07, 6.45) is 2.75. The Bertz CT molecular complexity index is 977. The average molecular weight is 459 g/mol. The molecule has 1 aromatic heterocycles. The van der Waals surface area contributed by atoms with Gasteiger partial charge in [0.2, 0.25) is 21.1 Å². The molecule has 1 atom stereocenters. The van der Waals surface area contributed by atoms with Gasteiger partial charge < -0.3 is 9.47 Å². The number of carbonyl (C=O) groups excluding carboxylic acids is 1. The van der Waals surface area contributed by atoms with Crippen LogP contribution < -0.4 is 19.1 Å². The summed E-state index contributed by atoms with van der Waals surface area (Å²) < 4.78 is 37.2. The molecule has 9 nitrogen and oxygen atoms in total. The highest BCUT2D eigenvalue weighted by Crippen LogP contribution is 2.35. The summed E-state index contributed by atoms with van der Waals surface area (Å²) in [7, 11) is -0.951. The van der Waals surface area contributed by atoms with Crippen LogP contribution in [0.15, 0.2) is 35.2 Å². The summed E-state index contributed by atoms with van der Waals surface area (Å²) in [5, 5.41) is 10.8. The molecule has 0 saturated heterocycles. The lowest BCUT2D eigenvalue weighted by Crippen LogP contribution is -2.45. The molecular weight excluding hydrogens is 436 g/mol. The number of benzene rings is 1. The van der Waals surface area contributed by atoms with E-state index < -0.39 is 22.0 Å². The first-order valence-electron chi connectivity index (χ1n) is 8.30. The molecule has 0 radical (unpaired) electrons. The summed E-state index contributed by atoms with van der Waals surface area (Å²) in [6, 6.07) is 3.62. The molecule has 2 rings (SSSR count). The second-order valence-corrected chi connectivity index (χ2v) is 9.84. The third kappa shape index (κ3) is 5.84. The van der Waals surface area contributed by atoms with Crippen molar-refractivity contribution in [3.05, 3.63) is 30.9 Å². The first-order chi connectivity index (χ1) is 13.7. The topological polar surface area (TPSA) is 111 Å². The van der Waals surface area contributed by atoms with Crippen molar-refractivity contribution in [2.24, 2.45) is 0 Å². The van der Waals surface area contributed by atoms with E-state index in [1.165, 1.54) is 50.3 Å². The molecule has 12 heteroatoms. The van der Waals surface area contributed by atoms with E-state index in [4.69, 9.17) is 9.47 Å². The Morgan fingerprint density at radius 2 is 2.10 bits per heavy atom. The van der Waals surface area contributed by atoms with Crippen molar-refractivity contribution in [3.8, 4) is 11.5 Å². The summed E-state index contributed by atoms with van der Waals surface area (Å²) in [4.78, 5) is 12.8. The Labute approximate surface area is 178 Å². The molecule has 0 fully saturated rings. The molecule has 0 unspecified atom stereocenters. The van der Waals surface area contributed by atoms with E-state index in [2.05, 4.69) is 22.1 Å². The van der Waals surface area contributed by atoms with Gasteiger partial charge in [0.05, 0.1) is 26.2 Å². The van der Waals surface area contributed by atoms with Crippen molar-refractivity contribution < 1.29 is 22.7 Å². The number of sulfonamides is 1. The number of hydrogen-bond acceptors (Lipinski definition) is 9. The zero-order valence-electron chi connectivity index (χ0n) is 16.4. The lowest BCUT2D eigenvalue weighted by molar-refractivity contribution is -0.116. The summed E-state index contributed by atoms with van der Waals surface area (Å²) in [5.41, 5.74) is 0.191. The first kappa shape index (κ1) is 23.0. The normalized spacial score (nSPS) is 12.1. The van der Waals surface area contributed by atoms with Gasteiger partial charge in [0.25, 0.3) is 0 Å². The highest BCUT2D eigenvalue weighted by molar-refractivity contribution is 8.01. The number of thioether (sulfide) groups is 1. The number of anilines is 2. The molecule has 0 saturated carbocycles. The number of hydrogen-bond donors (Lipinski definition) is 1. The largest absolute Gasteiger partial charge is 0.497 e. The van der Waals surface area contributed by atoms with Crippen molar-refractivity contribution in [1.82, 2.24) is 10.2 Å². The number of nitrogens with zero attached hydrogens (tertiary/aromatic N) is 3. The zero-order chi connectivity index (χ0) is 21.6.